The Labute approximate surface area is 127 Å². The predicted molar refractivity (Wildman–Crippen MR) is 82.9 cm³/mol. The van der Waals surface area contributed by atoms with E-state index in [9.17, 15) is 9.90 Å². The minimum absolute atomic E-state index is 0.0343. The van der Waals surface area contributed by atoms with Crippen molar-refractivity contribution in [1.29, 1.82) is 0 Å². The molecule has 0 spiro atoms. The largest absolute Gasteiger partial charge is 0.396 e. The second-order valence-electron chi connectivity index (χ2n) is 6.03. The van der Waals surface area contributed by atoms with Gasteiger partial charge in [0.15, 0.2) is 0 Å². The highest BCUT2D eigenvalue weighted by molar-refractivity contribution is 5.83. The molecule has 2 unspecified atom stereocenters. The van der Waals surface area contributed by atoms with Gasteiger partial charge in [-0.25, -0.2) is 0 Å². The summed E-state index contributed by atoms with van der Waals surface area (Å²) in [5.41, 5.74) is 0.932. The Morgan fingerprint density at radius 1 is 1.43 bits per heavy atom. The molecule has 4 heteroatoms. The summed E-state index contributed by atoms with van der Waals surface area (Å²) in [4.78, 5) is 16.5. The van der Waals surface area contributed by atoms with Gasteiger partial charge in [-0.15, -0.1) is 0 Å². The molecule has 116 valence electrons. The minimum atomic E-state index is -0.205. The fourth-order valence-corrected chi connectivity index (χ4v) is 3.19. The number of amides is 1. The van der Waals surface area contributed by atoms with Gasteiger partial charge >= 0.3 is 0 Å². The molecule has 1 heterocycles. The van der Waals surface area contributed by atoms with Crippen LogP contribution in [0.2, 0.25) is 0 Å². The summed E-state index contributed by atoms with van der Waals surface area (Å²) in [6.07, 6.45) is 10.2. The Morgan fingerprint density at radius 2 is 2.19 bits per heavy atom. The number of carbonyl (C=O) groups is 1. The first-order valence-corrected chi connectivity index (χ1v) is 8.03. The molecule has 2 N–H and O–H groups in total. The van der Waals surface area contributed by atoms with Gasteiger partial charge in [-0.05, 0) is 43.7 Å². The lowest BCUT2D eigenvalue weighted by Crippen LogP contribution is -2.43. The van der Waals surface area contributed by atoms with Gasteiger partial charge in [0.1, 0.15) is 0 Å². The number of hydrogen-bond donors (Lipinski definition) is 2. The van der Waals surface area contributed by atoms with E-state index < -0.39 is 0 Å². The number of nitrogens with one attached hydrogen (secondary N) is 1. The van der Waals surface area contributed by atoms with Crippen molar-refractivity contribution in [2.24, 2.45) is 5.92 Å². The van der Waals surface area contributed by atoms with Crippen LogP contribution in [0, 0.1) is 5.92 Å². The van der Waals surface area contributed by atoms with E-state index in [-0.39, 0.29) is 24.5 Å². The summed E-state index contributed by atoms with van der Waals surface area (Å²) in [7, 11) is 0. The van der Waals surface area contributed by atoms with E-state index in [0.717, 1.165) is 18.4 Å². The summed E-state index contributed by atoms with van der Waals surface area (Å²) in [5, 5.41) is 12.4. The molecular formula is C17H26N2O2. The van der Waals surface area contributed by atoms with Gasteiger partial charge in [0.25, 0.3) is 0 Å². The van der Waals surface area contributed by atoms with Crippen molar-refractivity contribution in [3.05, 3.63) is 30.1 Å². The Bertz CT molecular complexity index is 430. The van der Waals surface area contributed by atoms with Crippen LogP contribution in [0.4, 0.5) is 0 Å². The molecule has 0 radical (unpaired) electrons. The number of nitrogens with zero attached hydrogens (tertiary/aromatic N) is 1. The summed E-state index contributed by atoms with van der Waals surface area (Å²) in [6, 6.07) is 3.88. The predicted octanol–water partition coefficient (Wildman–Crippen LogP) is 2.63. The number of aliphatic hydroxyl groups is 1. The lowest BCUT2D eigenvalue weighted by Gasteiger charge is -2.31. The maximum absolute atomic E-state index is 12.5. The van der Waals surface area contributed by atoms with Crippen LogP contribution < -0.4 is 5.32 Å². The Balaban J connectivity index is 1.97. The lowest BCUT2D eigenvalue weighted by molar-refractivity contribution is -0.123. The zero-order valence-electron chi connectivity index (χ0n) is 12.8. The van der Waals surface area contributed by atoms with Crippen LogP contribution in [0.5, 0.6) is 0 Å². The van der Waals surface area contributed by atoms with Gasteiger partial charge in [-0.1, -0.05) is 25.3 Å². The fraction of sp³-hybridized carbons (Fsp3) is 0.647. The number of pyridine rings is 1. The molecule has 1 saturated carbocycles. The van der Waals surface area contributed by atoms with Gasteiger partial charge in [0, 0.05) is 25.0 Å². The summed E-state index contributed by atoms with van der Waals surface area (Å²) in [6.45, 7) is 2.03. The van der Waals surface area contributed by atoms with Crippen LogP contribution in [0.25, 0.3) is 0 Å². The number of rotatable bonds is 6. The molecule has 0 saturated heterocycles. The average molecular weight is 290 g/mol. The van der Waals surface area contributed by atoms with E-state index >= 15 is 0 Å². The number of hydrogen-bond acceptors (Lipinski definition) is 3. The van der Waals surface area contributed by atoms with Gasteiger partial charge in [0.05, 0.1) is 5.92 Å². The van der Waals surface area contributed by atoms with E-state index in [0.29, 0.717) is 12.3 Å². The van der Waals surface area contributed by atoms with Gasteiger partial charge in [-0.3, -0.25) is 9.78 Å². The highest BCUT2D eigenvalue weighted by Gasteiger charge is 2.26. The molecule has 2 atom stereocenters. The quantitative estimate of drug-likeness (QED) is 0.846. The molecule has 2 rings (SSSR count). The van der Waals surface area contributed by atoms with E-state index in [1.165, 1.54) is 19.3 Å². The normalized spacial score (nSPS) is 19.0. The molecular weight excluding hydrogens is 264 g/mol. The summed E-state index contributed by atoms with van der Waals surface area (Å²) in [5.74, 6) is 0.339. The van der Waals surface area contributed by atoms with Crippen molar-refractivity contribution in [3.8, 4) is 0 Å². The third kappa shape index (κ3) is 4.53. The number of aliphatic hydroxyl groups excluding tert-OH is 1. The third-order valence-corrected chi connectivity index (χ3v) is 4.56. The SMILES string of the molecule is CC(C(=O)NC(CCO)C1CCCCC1)c1cccnc1. The van der Waals surface area contributed by atoms with Crippen molar-refractivity contribution in [2.45, 2.75) is 57.4 Å². The van der Waals surface area contributed by atoms with Crippen LogP contribution in [-0.2, 0) is 4.79 Å². The van der Waals surface area contributed by atoms with Crippen molar-refractivity contribution >= 4 is 5.91 Å². The molecule has 1 aromatic heterocycles. The van der Waals surface area contributed by atoms with E-state index in [1.54, 1.807) is 12.4 Å². The highest BCUT2D eigenvalue weighted by Crippen LogP contribution is 2.28. The van der Waals surface area contributed by atoms with Crippen LogP contribution in [0.15, 0.2) is 24.5 Å². The van der Waals surface area contributed by atoms with Crippen LogP contribution >= 0.6 is 0 Å². The van der Waals surface area contributed by atoms with Gasteiger partial charge < -0.3 is 10.4 Å². The van der Waals surface area contributed by atoms with E-state index in [4.69, 9.17) is 0 Å². The maximum atomic E-state index is 12.5. The van der Waals surface area contributed by atoms with Gasteiger partial charge in [-0.2, -0.15) is 0 Å². The van der Waals surface area contributed by atoms with Crippen LogP contribution in [0.3, 0.4) is 0 Å². The lowest BCUT2D eigenvalue weighted by atomic mass is 9.82. The molecule has 21 heavy (non-hydrogen) atoms. The van der Waals surface area contributed by atoms with Gasteiger partial charge in [0.2, 0.25) is 5.91 Å². The minimum Gasteiger partial charge on any atom is -0.396 e. The fourth-order valence-electron chi connectivity index (χ4n) is 3.19. The molecule has 1 fully saturated rings. The van der Waals surface area contributed by atoms with E-state index in [1.807, 2.05) is 19.1 Å². The molecule has 4 nitrogen and oxygen atoms in total. The van der Waals surface area contributed by atoms with Crippen molar-refractivity contribution in [3.63, 3.8) is 0 Å². The average Bonchev–Trinajstić information content (AvgIpc) is 2.55. The molecule has 0 bridgehead atoms. The molecule has 1 amide bonds. The Hall–Kier alpha value is -1.42. The number of aromatic nitrogens is 1. The molecule has 1 aliphatic rings. The molecule has 0 aromatic carbocycles. The first kappa shape index (κ1) is 16.0. The monoisotopic (exact) mass is 290 g/mol. The Kier molecular flexibility index (Phi) is 6.18. The zero-order valence-corrected chi connectivity index (χ0v) is 12.8. The number of carbonyl (C=O) groups excluding carboxylic acids is 1. The van der Waals surface area contributed by atoms with Crippen molar-refractivity contribution in [2.75, 3.05) is 6.61 Å². The third-order valence-electron chi connectivity index (χ3n) is 4.56. The van der Waals surface area contributed by atoms with Crippen LogP contribution in [0.1, 0.15) is 56.9 Å². The second-order valence-corrected chi connectivity index (χ2v) is 6.03. The smallest absolute Gasteiger partial charge is 0.227 e. The van der Waals surface area contributed by atoms with Crippen molar-refractivity contribution in [1.82, 2.24) is 10.3 Å². The van der Waals surface area contributed by atoms with Crippen LogP contribution in [-0.4, -0.2) is 28.6 Å². The zero-order chi connectivity index (χ0) is 15.1. The highest BCUT2D eigenvalue weighted by atomic mass is 16.3. The summed E-state index contributed by atoms with van der Waals surface area (Å²) >= 11 is 0. The summed E-state index contributed by atoms with van der Waals surface area (Å²) < 4.78 is 0. The first-order chi connectivity index (χ1) is 10.2. The van der Waals surface area contributed by atoms with E-state index in [2.05, 4.69) is 10.3 Å². The topological polar surface area (TPSA) is 62.2 Å². The second kappa shape index (κ2) is 8.13. The standard InChI is InChI=1S/C17H26N2O2/c1-13(15-8-5-10-18-12-15)17(21)19-16(9-11-20)14-6-3-2-4-7-14/h5,8,10,12-14,16,20H,2-4,6-7,9,11H2,1H3,(H,19,21). The molecule has 1 aromatic rings. The first-order valence-electron chi connectivity index (χ1n) is 8.03. The molecule has 1 aliphatic carbocycles. The Morgan fingerprint density at radius 3 is 2.81 bits per heavy atom. The molecule has 0 aliphatic heterocycles. The van der Waals surface area contributed by atoms with Crippen molar-refractivity contribution < 1.29 is 9.90 Å². The maximum Gasteiger partial charge on any atom is 0.227 e.